The molecule has 0 saturated carbocycles. The van der Waals surface area contributed by atoms with Crippen LogP contribution in [0.3, 0.4) is 0 Å². The summed E-state index contributed by atoms with van der Waals surface area (Å²) < 4.78 is 2.22. The van der Waals surface area contributed by atoms with E-state index in [9.17, 15) is 5.11 Å². The minimum atomic E-state index is -0.398. The first-order valence-corrected chi connectivity index (χ1v) is 5.38. The molecule has 1 aromatic heterocycles. The zero-order chi connectivity index (χ0) is 11.0. The molecule has 0 aliphatic rings. The molecule has 0 bridgehead atoms. The van der Waals surface area contributed by atoms with Crippen LogP contribution in [-0.2, 0) is 0 Å². The minimum absolute atomic E-state index is 0.398. The van der Waals surface area contributed by atoms with Crippen LogP contribution in [0.15, 0.2) is 30.5 Å². The molecule has 0 radical (unpaired) electrons. The second-order valence-corrected chi connectivity index (χ2v) is 4.31. The van der Waals surface area contributed by atoms with Crippen LogP contribution in [0.2, 0.25) is 0 Å². The van der Waals surface area contributed by atoms with Crippen LogP contribution in [0.4, 0.5) is 0 Å². The quantitative estimate of drug-likeness (QED) is 0.796. The minimum Gasteiger partial charge on any atom is -0.389 e. The van der Waals surface area contributed by atoms with E-state index in [1.165, 1.54) is 10.9 Å². The van der Waals surface area contributed by atoms with Gasteiger partial charge in [0.25, 0.3) is 0 Å². The molecule has 0 aliphatic heterocycles. The molecule has 0 amide bonds. The van der Waals surface area contributed by atoms with Crippen molar-refractivity contribution in [3.8, 4) is 0 Å². The lowest BCUT2D eigenvalue weighted by Crippen LogP contribution is -1.99. The summed E-state index contributed by atoms with van der Waals surface area (Å²) in [5.74, 6) is 0. The van der Waals surface area contributed by atoms with Crippen molar-refractivity contribution in [3.05, 3.63) is 36.0 Å². The summed E-state index contributed by atoms with van der Waals surface area (Å²) in [5.41, 5.74) is 2.17. The zero-order valence-corrected chi connectivity index (χ0v) is 9.44. The molecule has 2 nitrogen and oxygen atoms in total. The number of hydrogen-bond acceptors (Lipinski definition) is 1. The Morgan fingerprint density at radius 2 is 1.87 bits per heavy atom. The maximum absolute atomic E-state index is 9.54. The summed E-state index contributed by atoms with van der Waals surface area (Å²) >= 11 is 0. The van der Waals surface area contributed by atoms with Gasteiger partial charge in [-0.3, -0.25) is 0 Å². The van der Waals surface area contributed by atoms with Crippen LogP contribution in [0.25, 0.3) is 10.9 Å². The van der Waals surface area contributed by atoms with E-state index in [0.29, 0.717) is 6.04 Å². The Hall–Kier alpha value is -1.28. The van der Waals surface area contributed by atoms with Gasteiger partial charge in [-0.1, -0.05) is 12.1 Å². The monoisotopic (exact) mass is 203 g/mol. The van der Waals surface area contributed by atoms with E-state index < -0.39 is 6.10 Å². The van der Waals surface area contributed by atoms with Crippen LogP contribution in [0, 0.1) is 0 Å². The summed E-state index contributed by atoms with van der Waals surface area (Å²) in [7, 11) is 0. The molecule has 80 valence electrons. The van der Waals surface area contributed by atoms with Gasteiger partial charge in [-0.15, -0.1) is 0 Å². The maximum atomic E-state index is 9.54. The Labute approximate surface area is 90.2 Å². The Balaban J connectivity index is 2.61. The van der Waals surface area contributed by atoms with Gasteiger partial charge in [0.1, 0.15) is 0 Å². The number of hydrogen-bond donors (Lipinski definition) is 1. The second-order valence-electron chi connectivity index (χ2n) is 4.31. The average molecular weight is 203 g/mol. The van der Waals surface area contributed by atoms with E-state index in [0.717, 1.165) is 5.56 Å². The fourth-order valence-corrected chi connectivity index (χ4v) is 1.88. The molecule has 1 aromatic carbocycles. The Morgan fingerprint density at radius 1 is 1.13 bits per heavy atom. The van der Waals surface area contributed by atoms with Crippen LogP contribution in [0.1, 0.15) is 38.5 Å². The highest BCUT2D eigenvalue weighted by Gasteiger charge is 2.07. The number of aromatic nitrogens is 1. The molecular formula is C13H17NO. The number of rotatable bonds is 2. The van der Waals surface area contributed by atoms with E-state index in [-0.39, 0.29) is 0 Å². The highest BCUT2D eigenvalue weighted by molar-refractivity contribution is 5.81. The third-order valence-electron chi connectivity index (χ3n) is 2.79. The van der Waals surface area contributed by atoms with Gasteiger partial charge in [0.05, 0.1) is 6.10 Å². The fraction of sp³-hybridized carbons (Fsp3) is 0.385. The summed E-state index contributed by atoms with van der Waals surface area (Å²) in [6.07, 6.45) is 1.70. The van der Waals surface area contributed by atoms with Gasteiger partial charge in [0.15, 0.2) is 0 Å². The first kappa shape index (κ1) is 10.2. The maximum Gasteiger partial charge on any atom is 0.0762 e. The molecule has 0 fully saturated rings. The van der Waals surface area contributed by atoms with Crippen molar-refractivity contribution < 1.29 is 5.11 Å². The first-order chi connectivity index (χ1) is 7.09. The molecule has 0 spiro atoms. The third-order valence-corrected chi connectivity index (χ3v) is 2.79. The number of nitrogens with zero attached hydrogens (tertiary/aromatic N) is 1. The highest BCUT2D eigenvalue weighted by atomic mass is 16.3. The molecule has 1 atom stereocenters. The topological polar surface area (TPSA) is 25.2 Å². The van der Waals surface area contributed by atoms with E-state index in [2.05, 4.69) is 42.8 Å². The number of benzene rings is 1. The van der Waals surface area contributed by atoms with E-state index in [1.54, 1.807) is 6.92 Å². The molecule has 0 saturated heterocycles. The summed E-state index contributed by atoms with van der Waals surface area (Å²) in [4.78, 5) is 0. The molecule has 1 N–H and O–H groups in total. The highest BCUT2D eigenvalue weighted by Crippen LogP contribution is 2.23. The second kappa shape index (κ2) is 3.70. The molecule has 2 aromatic rings. The smallest absolute Gasteiger partial charge is 0.0762 e. The van der Waals surface area contributed by atoms with Gasteiger partial charge in [-0.05, 0) is 43.9 Å². The number of fused-ring (bicyclic) bond motifs is 1. The number of aliphatic hydroxyl groups excluding tert-OH is 1. The van der Waals surface area contributed by atoms with Gasteiger partial charge in [0, 0.05) is 17.8 Å². The average Bonchev–Trinajstić information content (AvgIpc) is 2.59. The van der Waals surface area contributed by atoms with Crippen LogP contribution < -0.4 is 0 Å². The SMILES string of the molecule is CC(O)c1ccc2ccn(C(C)C)c2c1. The molecule has 15 heavy (non-hydrogen) atoms. The van der Waals surface area contributed by atoms with Crippen molar-refractivity contribution >= 4 is 10.9 Å². The normalized spacial score (nSPS) is 13.7. The fourth-order valence-electron chi connectivity index (χ4n) is 1.88. The predicted octanol–water partition coefficient (Wildman–Crippen LogP) is 3.28. The standard InChI is InChI=1S/C13H17NO/c1-9(2)14-7-6-11-4-5-12(10(3)15)8-13(11)14/h4-10,15H,1-3H3. The number of aliphatic hydroxyl groups is 1. The predicted molar refractivity (Wildman–Crippen MR) is 63.0 cm³/mol. The van der Waals surface area contributed by atoms with E-state index in [4.69, 9.17) is 0 Å². The summed E-state index contributed by atoms with van der Waals surface area (Å²) in [6, 6.07) is 8.68. The molecular weight excluding hydrogens is 186 g/mol. The van der Waals surface area contributed by atoms with Crippen molar-refractivity contribution in [2.45, 2.75) is 32.9 Å². The van der Waals surface area contributed by atoms with Crippen molar-refractivity contribution in [1.29, 1.82) is 0 Å². The van der Waals surface area contributed by atoms with Crippen molar-refractivity contribution in [3.63, 3.8) is 0 Å². The van der Waals surface area contributed by atoms with Crippen molar-refractivity contribution in [2.24, 2.45) is 0 Å². The van der Waals surface area contributed by atoms with Gasteiger partial charge in [-0.2, -0.15) is 0 Å². The molecule has 1 heterocycles. The van der Waals surface area contributed by atoms with Gasteiger partial charge in [-0.25, -0.2) is 0 Å². The van der Waals surface area contributed by atoms with E-state index >= 15 is 0 Å². The summed E-state index contributed by atoms with van der Waals surface area (Å²) in [5, 5.41) is 10.8. The van der Waals surface area contributed by atoms with Crippen molar-refractivity contribution in [1.82, 2.24) is 4.57 Å². The Bertz CT molecular complexity index is 468. The van der Waals surface area contributed by atoms with Crippen molar-refractivity contribution in [2.75, 3.05) is 0 Å². The molecule has 2 heteroatoms. The van der Waals surface area contributed by atoms with Gasteiger partial charge in [0.2, 0.25) is 0 Å². The molecule has 0 aliphatic carbocycles. The Kier molecular flexibility index (Phi) is 2.53. The largest absolute Gasteiger partial charge is 0.389 e. The lowest BCUT2D eigenvalue weighted by Gasteiger charge is -2.11. The lowest BCUT2D eigenvalue weighted by molar-refractivity contribution is 0.199. The van der Waals surface area contributed by atoms with E-state index in [1.807, 2.05) is 6.07 Å². The zero-order valence-electron chi connectivity index (χ0n) is 9.44. The Morgan fingerprint density at radius 3 is 2.47 bits per heavy atom. The molecule has 1 unspecified atom stereocenters. The third kappa shape index (κ3) is 1.77. The van der Waals surface area contributed by atoms with Crippen LogP contribution >= 0.6 is 0 Å². The molecule has 2 rings (SSSR count). The van der Waals surface area contributed by atoms with Crippen LogP contribution in [-0.4, -0.2) is 9.67 Å². The lowest BCUT2D eigenvalue weighted by atomic mass is 10.1. The van der Waals surface area contributed by atoms with Gasteiger partial charge >= 0.3 is 0 Å². The van der Waals surface area contributed by atoms with Gasteiger partial charge < -0.3 is 9.67 Å². The first-order valence-electron chi connectivity index (χ1n) is 5.38. The van der Waals surface area contributed by atoms with Crippen LogP contribution in [0.5, 0.6) is 0 Å². The summed E-state index contributed by atoms with van der Waals surface area (Å²) in [6.45, 7) is 6.12.